The van der Waals surface area contributed by atoms with Crippen LogP contribution in [0.2, 0.25) is 18.1 Å². The van der Waals surface area contributed by atoms with Gasteiger partial charge in [0.1, 0.15) is 6.10 Å². The summed E-state index contributed by atoms with van der Waals surface area (Å²) >= 11 is 0. The van der Waals surface area contributed by atoms with Crippen LogP contribution < -0.4 is 0 Å². The summed E-state index contributed by atoms with van der Waals surface area (Å²) in [5.41, 5.74) is 0. The van der Waals surface area contributed by atoms with Crippen LogP contribution in [0.4, 0.5) is 0 Å². The van der Waals surface area contributed by atoms with Crippen LogP contribution in [0.1, 0.15) is 33.6 Å². The highest BCUT2D eigenvalue weighted by Gasteiger charge is 2.55. The molecule has 0 aromatic carbocycles. The first kappa shape index (κ1) is 17.9. The molecule has 1 aliphatic heterocycles. The van der Waals surface area contributed by atoms with Gasteiger partial charge in [-0.3, -0.25) is 4.79 Å². The molecule has 4 atom stereocenters. The van der Waals surface area contributed by atoms with Crippen molar-refractivity contribution in [2.45, 2.75) is 70.2 Å². The van der Waals surface area contributed by atoms with Gasteiger partial charge in [-0.15, -0.1) is 0 Å². The zero-order valence-electron chi connectivity index (χ0n) is 14.8. The molecule has 1 heterocycles. The first-order valence-electron chi connectivity index (χ1n) is 8.03. The van der Waals surface area contributed by atoms with Crippen molar-refractivity contribution in [2.24, 2.45) is 11.8 Å². The van der Waals surface area contributed by atoms with Crippen molar-refractivity contribution in [1.82, 2.24) is 0 Å². The van der Waals surface area contributed by atoms with E-state index in [0.717, 1.165) is 6.42 Å². The predicted octanol–water partition coefficient (Wildman–Crippen LogP) is 2.95. The second-order valence-corrected chi connectivity index (χ2v) is 12.7. The highest BCUT2D eigenvalue weighted by Crippen LogP contribution is 2.48. The van der Waals surface area contributed by atoms with Gasteiger partial charge in [0.25, 0.3) is 0 Å². The third kappa shape index (κ3) is 3.25. The summed E-state index contributed by atoms with van der Waals surface area (Å²) in [6, 6.07) is 0. The summed E-state index contributed by atoms with van der Waals surface area (Å²) in [5.74, 6) is 0.130. The van der Waals surface area contributed by atoms with Gasteiger partial charge in [-0.05, 0) is 30.5 Å². The van der Waals surface area contributed by atoms with Crippen molar-refractivity contribution in [3.8, 4) is 0 Å². The molecule has 0 spiro atoms. The SMILES string of the molecule is COC(OC)[C@H]1[C@@H]2CC(=O)O[C@@H](C2)[C@@H]1O[Si](C)(C)C(C)(C)C. The van der Waals surface area contributed by atoms with Crippen LogP contribution in [0.25, 0.3) is 0 Å². The lowest BCUT2D eigenvalue weighted by atomic mass is 9.91. The zero-order valence-corrected chi connectivity index (χ0v) is 15.8. The van der Waals surface area contributed by atoms with E-state index >= 15 is 0 Å². The number of methoxy groups -OCH3 is 2. The Hall–Kier alpha value is -0.433. The second-order valence-electron chi connectivity index (χ2n) is 7.99. The smallest absolute Gasteiger partial charge is 0.306 e. The van der Waals surface area contributed by atoms with Gasteiger partial charge in [-0.1, -0.05) is 20.8 Å². The van der Waals surface area contributed by atoms with E-state index in [1.165, 1.54) is 0 Å². The minimum absolute atomic E-state index is 0.0422. The van der Waals surface area contributed by atoms with Gasteiger partial charge in [0.2, 0.25) is 0 Å². The lowest BCUT2D eigenvalue weighted by Crippen LogP contribution is -2.50. The zero-order chi connectivity index (χ0) is 16.7. The van der Waals surface area contributed by atoms with Crippen molar-refractivity contribution < 1.29 is 23.4 Å². The van der Waals surface area contributed by atoms with Crippen LogP contribution >= 0.6 is 0 Å². The molecule has 0 N–H and O–H groups in total. The first-order valence-corrected chi connectivity index (χ1v) is 10.9. The molecule has 2 fully saturated rings. The topological polar surface area (TPSA) is 54.0 Å². The van der Waals surface area contributed by atoms with E-state index in [0.29, 0.717) is 6.42 Å². The van der Waals surface area contributed by atoms with E-state index in [1.54, 1.807) is 14.2 Å². The molecule has 128 valence electrons. The third-order valence-electron chi connectivity index (χ3n) is 5.55. The van der Waals surface area contributed by atoms with Gasteiger partial charge >= 0.3 is 5.97 Å². The Morgan fingerprint density at radius 2 is 1.82 bits per heavy atom. The van der Waals surface area contributed by atoms with Gasteiger partial charge in [0, 0.05) is 26.6 Å². The number of rotatable bonds is 5. The van der Waals surface area contributed by atoms with E-state index in [1.807, 2.05) is 0 Å². The maximum Gasteiger partial charge on any atom is 0.306 e. The standard InChI is InChI=1S/C16H30O5Si/c1-16(2,3)22(6,7)21-14-11-8-10(9-12(17)20-11)13(14)15(18-4)19-5/h10-11,13-15H,8-9H2,1-7H3/t10-,11-,13-,14-/m0/s1. The minimum Gasteiger partial charge on any atom is -0.460 e. The fourth-order valence-corrected chi connectivity index (χ4v) is 4.67. The van der Waals surface area contributed by atoms with Crippen LogP contribution in [0.15, 0.2) is 0 Å². The van der Waals surface area contributed by atoms with Gasteiger partial charge < -0.3 is 18.6 Å². The minimum atomic E-state index is -1.97. The molecule has 5 nitrogen and oxygen atoms in total. The number of hydrogen-bond acceptors (Lipinski definition) is 5. The molecule has 6 heteroatoms. The van der Waals surface area contributed by atoms with Crippen LogP contribution in [0.3, 0.4) is 0 Å². The summed E-state index contributed by atoms with van der Waals surface area (Å²) in [6.45, 7) is 11.1. The normalized spacial score (nSPS) is 32.5. The number of esters is 1. The maximum atomic E-state index is 11.8. The van der Waals surface area contributed by atoms with Crippen LogP contribution in [-0.4, -0.2) is 47.0 Å². The molecule has 2 aliphatic rings. The van der Waals surface area contributed by atoms with Crippen LogP contribution in [0.5, 0.6) is 0 Å². The van der Waals surface area contributed by atoms with Crippen molar-refractivity contribution in [1.29, 1.82) is 0 Å². The lowest BCUT2D eigenvalue weighted by Gasteiger charge is -2.41. The van der Waals surface area contributed by atoms with Gasteiger partial charge in [-0.2, -0.15) is 0 Å². The van der Waals surface area contributed by atoms with Crippen molar-refractivity contribution >= 4 is 14.3 Å². The molecule has 0 amide bonds. The summed E-state index contributed by atoms with van der Waals surface area (Å²) in [5, 5.41) is 0.105. The predicted molar refractivity (Wildman–Crippen MR) is 86.0 cm³/mol. The summed E-state index contributed by atoms with van der Waals surface area (Å²) < 4.78 is 23.2. The van der Waals surface area contributed by atoms with Crippen LogP contribution in [0, 0.1) is 11.8 Å². The molecule has 0 unspecified atom stereocenters. The maximum absolute atomic E-state index is 11.8. The molecule has 22 heavy (non-hydrogen) atoms. The molecule has 0 aromatic rings. The third-order valence-corrected chi connectivity index (χ3v) is 10.0. The number of carbonyl (C=O) groups excluding carboxylic acids is 1. The van der Waals surface area contributed by atoms with Crippen LogP contribution in [-0.2, 0) is 23.4 Å². The molecule has 2 rings (SSSR count). The summed E-state index contributed by atoms with van der Waals surface area (Å²) in [4.78, 5) is 11.8. The van der Waals surface area contributed by atoms with E-state index in [-0.39, 0.29) is 41.3 Å². The highest BCUT2D eigenvalue weighted by atomic mass is 28.4. The Morgan fingerprint density at radius 3 is 2.32 bits per heavy atom. The number of ether oxygens (including phenoxy) is 3. The average molecular weight is 330 g/mol. The quantitative estimate of drug-likeness (QED) is 0.441. The van der Waals surface area contributed by atoms with E-state index in [9.17, 15) is 4.79 Å². The summed E-state index contributed by atoms with van der Waals surface area (Å²) in [6.07, 6.45) is 0.611. The largest absolute Gasteiger partial charge is 0.460 e. The lowest BCUT2D eigenvalue weighted by molar-refractivity contribution is -0.164. The first-order chi connectivity index (χ1) is 10.1. The Labute approximate surface area is 134 Å². The summed E-state index contributed by atoms with van der Waals surface area (Å²) in [7, 11) is 1.32. The Morgan fingerprint density at radius 1 is 1.23 bits per heavy atom. The van der Waals surface area contributed by atoms with E-state index in [4.69, 9.17) is 18.6 Å². The molecule has 2 bridgehead atoms. The number of fused-ring (bicyclic) bond motifs is 2. The Balaban J connectivity index is 2.27. The second kappa shape index (κ2) is 6.22. The number of carbonyl (C=O) groups is 1. The molecule has 0 aromatic heterocycles. The Kier molecular flexibility index (Phi) is 5.07. The van der Waals surface area contributed by atoms with Gasteiger partial charge in [0.15, 0.2) is 14.6 Å². The molecule has 1 saturated carbocycles. The van der Waals surface area contributed by atoms with Crippen molar-refractivity contribution in [3.63, 3.8) is 0 Å². The van der Waals surface area contributed by atoms with Crippen molar-refractivity contribution in [3.05, 3.63) is 0 Å². The molecular formula is C16H30O5Si. The number of hydrogen-bond donors (Lipinski definition) is 0. The monoisotopic (exact) mass is 330 g/mol. The average Bonchev–Trinajstić information content (AvgIpc) is 2.62. The molecule has 0 radical (unpaired) electrons. The molecule has 1 aliphatic carbocycles. The van der Waals surface area contributed by atoms with E-state index in [2.05, 4.69) is 33.9 Å². The van der Waals surface area contributed by atoms with Gasteiger partial charge in [0.05, 0.1) is 6.10 Å². The fraction of sp³-hybridized carbons (Fsp3) is 0.938. The molecule has 1 saturated heterocycles. The Bertz CT molecular complexity index is 413. The van der Waals surface area contributed by atoms with Gasteiger partial charge in [-0.25, -0.2) is 0 Å². The van der Waals surface area contributed by atoms with Crippen molar-refractivity contribution in [2.75, 3.05) is 14.2 Å². The highest BCUT2D eigenvalue weighted by molar-refractivity contribution is 6.74. The fourth-order valence-electron chi connectivity index (χ4n) is 3.33. The molecular weight excluding hydrogens is 300 g/mol. The van der Waals surface area contributed by atoms with E-state index < -0.39 is 8.32 Å².